The Labute approximate surface area is 263 Å². The number of aliphatic hydroxyl groups excluding tert-OH is 1. The third kappa shape index (κ3) is 5.58. The van der Waals surface area contributed by atoms with Crippen molar-refractivity contribution in [2.24, 2.45) is 11.8 Å². The molecule has 5 atom stereocenters. The Morgan fingerprint density at radius 3 is 2.64 bits per heavy atom. The fourth-order valence-electron chi connectivity index (χ4n) is 7.31. The highest BCUT2D eigenvalue weighted by Crippen LogP contribution is 2.43. The van der Waals surface area contributed by atoms with E-state index in [9.17, 15) is 5.11 Å². The quantitative estimate of drug-likeness (QED) is 0.175. The highest BCUT2D eigenvalue weighted by Gasteiger charge is 2.42. The van der Waals surface area contributed by atoms with Gasteiger partial charge in [0.1, 0.15) is 12.4 Å². The molecule has 228 valence electrons. The largest absolute Gasteiger partial charge is 0.496 e. The number of aromatic nitrogens is 3. The summed E-state index contributed by atoms with van der Waals surface area (Å²) in [5.74, 6) is 2.30. The van der Waals surface area contributed by atoms with E-state index in [-0.39, 0.29) is 6.04 Å². The van der Waals surface area contributed by atoms with Gasteiger partial charge >= 0.3 is 0 Å². The summed E-state index contributed by atoms with van der Waals surface area (Å²) < 4.78 is 11.9. The van der Waals surface area contributed by atoms with Crippen LogP contribution in [0.5, 0.6) is 11.6 Å². The lowest BCUT2D eigenvalue weighted by Crippen LogP contribution is -2.54. The Morgan fingerprint density at radius 1 is 1.04 bits per heavy atom. The van der Waals surface area contributed by atoms with E-state index in [4.69, 9.17) is 19.4 Å². The number of hydrogen-bond donors (Lipinski definition) is 1. The average Bonchev–Trinajstić information content (AvgIpc) is 3.10. The second kappa shape index (κ2) is 12.4. The van der Waals surface area contributed by atoms with Crippen LogP contribution < -0.4 is 9.47 Å². The normalized spacial score (nSPS) is 21.5. The van der Waals surface area contributed by atoms with Gasteiger partial charge in [-0.05, 0) is 84.3 Å². The zero-order chi connectivity index (χ0) is 30.9. The average molecular weight is 599 g/mol. The summed E-state index contributed by atoms with van der Waals surface area (Å²) >= 11 is 0. The number of piperidine rings is 3. The van der Waals surface area contributed by atoms with Crippen LogP contribution in [0, 0.1) is 11.8 Å². The molecule has 2 unspecified atom stereocenters. The zero-order valence-electron chi connectivity index (χ0n) is 25.6. The number of aliphatic hydroxyl groups is 1. The Bertz CT molecular complexity index is 1870. The standard InChI is InChI=1S/C38H38N4O3/c1-4-25-22-42-17-14-26(25)19-34(42)38(43)31-21-28(40-33-10-11-35(44-3)29(5-2)37(31)33)18-27-20-36(41-32-9-7-6-8-30(27)32)45-23-24-12-15-39-16-13-24/h4-13,15-16,20-21,25-26,34,38,43H,1-2,14,17-19,22-23H2,3H3/t25-,26?,34-,38+/m0/s1. The van der Waals surface area contributed by atoms with Crippen LogP contribution in [0.1, 0.15) is 46.9 Å². The van der Waals surface area contributed by atoms with E-state index < -0.39 is 6.10 Å². The smallest absolute Gasteiger partial charge is 0.214 e. The van der Waals surface area contributed by atoms with Crippen molar-refractivity contribution in [1.29, 1.82) is 0 Å². The minimum absolute atomic E-state index is 0.0252. The lowest BCUT2D eigenvalue weighted by atomic mass is 9.73. The van der Waals surface area contributed by atoms with E-state index in [0.717, 1.165) is 75.7 Å². The number of rotatable bonds is 10. The molecule has 2 bridgehead atoms. The molecule has 3 aliphatic rings. The highest BCUT2D eigenvalue weighted by molar-refractivity contribution is 5.94. The summed E-state index contributed by atoms with van der Waals surface area (Å²) in [4.78, 5) is 16.5. The van der Waals surface area contributed by atoms with Gasteiger partial charge in [0.25, 0.3) is 0 Å². The monoisotopic (exact) mass is 598 g/mol. The predicted molar refractivity (Wildman–Crippen MR) is 178 cm³/mol. The van der Waals surface area contributed by atoms with Crippen molar-refractivity contribution in [3.05, 3.63) is 120 Å². The van der Waals surface area contributed by atoms with Gasteiger partial charge < -0.3 is 14.6 Å². The van der Waals surface area contributed by atoms with Gasteiger partial charge in [0.05, 0.1) is 24.2 Å². The molecular formula is C38H38N4O3. The number of methoxy groups -OCH3 is 1. The molecule has 0 radical (unpaired) electrons. The molecule has 0 aliphatic carbocycles. The van der Waals surface area contributed by atoms with Crippen molar-refractivity contribution in [2.45, 2.75) is 38.0 Å². The Balaban J connectivity index is 1.30. The molecule has 6 heterocycles. The molecule has 7 heteroatoms. The number of ether oxygens (including phenoxy) is 2. The molecule has 0 saturated carbocycles. The van der Waals surface area contributed by atoms with Crippen LogP contribution in [0.3, 0.4) is 0 Å². The van der Waals surface area contributed by atoms with Crippen molar-refractivity contribution in [3.8, 4) is 11.6 Å². The maximum Gasteiger partial charge on any atom is 0.214 e. The van der Waals surface area contributed by atoms with E-state index >= 15 is 0 Å². The van der Waals surface area contributed by atoms with Crippen molar-refractivity contribution < 1.29 is 14.6 Å². The lowest BCUT2D eigenvalue weighted by molar-refractivity contribution is -0.0445. The van der Waals surface area contributed by atoms with Gasteiger partial charge in [-0.1, -0.05) is 36.9 Å². The molecule has 3 saturated heterocycles. The molecule has 45 heavy (non-hydrogen) atoms. The van der Waals surface area contributed by atoms with Crippen LogP contribution in [0.4, 0.5) is 0 Å². The van der Waals surface area contributed by atoms with Gasteiger partial charge in [-0.25, -0.2) is 4.98 Å². The topological polar surface area (TPSA) is 80.6 Å². The van der Waals surface area contributed by atoms with Crippen LogP contribution in [0.25, 0.3) is 27.9 Å². The van der Waals surface area contributed by atoms with Crippen LogP contribution in [-0.2, 0) is 13.0 Å². The summed E-state index contributed by atoms with van der Waals surface area (Å²) in [6.07, 6.45) is 9.37. The first-order chi connectivity index (χ1) is 22.1. The Kier molecular flexibility index (Phi) is 8.04. The Hall–Kier alpha value is -4.59. The minimum atomic E-state index is -0.693. The van der Waals surface area contributed by atoms with E-state index in [1.54, 1.807) is 19.5 Å². The molecule has 5 aromatic rings. The number of fused-ring (bicyclic) bond motifs is 5. The summed E-state index contributed by atoms with van der Waals surface area (Å²) in [5, 5.41) is 14.1. The van der Waals surface area contributed by atoms with Gasteiger partial charge in [0, 0.05) is 59.5 Å². The lowest BCUT2D eigenvalue weighted by Gasteiger charge is -2.50. The number of nitrogens with zero attached hydrogens (tertiary/aromatic N) is 4. The zero-order valence-corrected chi connectivity index (χ0v) is 25.6. The summed E-state index contributed by atoms with van der Waals surface area (Å²) in [6, 6.07) is 20.0. The highest BCUT2D eigenvalue weighted by atomic mass is 16.5. The van der Waals surface area contributed by atoms with Crippen LogP contribution in [0.15, 0.2) is 92.3 Å². The van der Waals surface area contributed by atoms with Crippen molar-refractivity contribution in [2.75, 3.05) is 20.2 Å². The van der Waals surface area contributed by atoms with Crippen molar-refractivity contribution in [3.63, 3.8) is 0 Å². The third-order valence-corrected chi connectivity index (χ3v) is 9.61. The second-order valence-electron chi connectivity index (χ2n) is 12.1. The maximum absolute atomic E-state index is 12.2. The molecule has 0 amide bonds. The summed E-state index contributed by atoms with van der Waals surface area (Å²) in [6.45, 7) is 10.5. The molecular weight excluding hydrogens is 560 g/mol. The number of pyridine rings is 3. The molecule has 7 nitrogen and oxygen atoms in total. The predicted octanol–water partition coefficient (Wildman–Crippen LogP) is 6.93. The molecule has 3 fully saturated rings. The van der Waals surface area contributed by atoms with Crippen LogP contribution >= 0.6 is 0 Å². The van der Waals surface area contributed by atoms with Gasteiger partial charge in [-0.3, -0.25) is 14.9 Å². The Morgan fingerprint density at radius 2 is 1.89 bits per heavy atom. The maximum atomic E-state index is 12.2. The van der Waals surface area contributed by atoms with Crippen molar-refractivity contribution in [1.82, 2.24) is 19.9 Å². The minimum Gasteiger partial charge on any atom is -0.496 e. The van der Waals surface area contributed by atoms with E-state index in [0.29, 0.717) is 36.5 Å². The first-order valence-electron chi connectivity index (χ1n) is 15.6. The van der Waals surface area contributed by atoms with Crippen molar-refractivity contribution >= 4 is 27.9 Å². The second-order valence-corrected chi connectivity index (χ2v) is 12.1. The van der Waals surface area contributed by atoms with Crippen LogP contribution in [0.2, 0.25) is 0 Å². The SMILES string of the molecule is C=Cc1c(OC)ccc2nc(Cc3cc(OCc4ccncc4)nc4ccccc34)cc([C@@H](O)[C@@H]3CC4CCN3C[C@@H]4C=C)c12. The fourth-order valence-corrected chi connectivity index (χ4v) is 7.31. The first kappa shape index (κ1) is 29.1. The third-order valence-electron chi connectivity index (χ3n) is 9.61. The van der Waals surface area contributed by atoms with Gasteiger partial charge in [-0.2, -0.15) is 0 Å². The summed E-state index contributed by atoms with van der Waals surface area (Å²) in [7, 11) is 1.66. The molecule has 3 aromatic heterocycles. The molecule has 1 N–H and O–H groups in total. The van der Waals surface area contributed by atoms with Gasteiger partial charge in [0.2, 0.25) is 5.88 Å². The van der Waals surface area contributed by atoms with Gasteiger partial charge in [-0.15, -0.1) is 6.58 Å². The van der Waals surface area contributed by atoms with Gasteiger partial charge in [0.15, 0.2) is 0 Å². The summed E-state index contributed by atoms with van der Waals surface area (Å²) in [5.41, 5.74) is 6.34. The first-order valence-corrected chi connectivity index (χ1v) is 15.6. The molecule has 2 aromatic carbocycles. The molecule has 3 aliphatic heterocycles. The van der Waals surface area contributed by atoms with E-state index in [1.165, 1.54) is 0 Å². The fraction of sp³-hybridized carbons (Fsp3) is 0.289. The molecule has 0 spiro atoms. The molecule has 8 rings (SSSR count). The number of hydrogen-bond acceptors (Lipinski definition) is 7. The number of benzene rings is 2. The van der Waals surface area contributed by atoms with Crippen LogP contribution in [-0.4, -0.2) is 51.2 Å². The van der Waals surface area contributed by atoms with E-state index in [1.807, 2.05) is 54.6 Å². The number of para-hydroxylation sites is 1. The van der Waals surface area contributed by atoms with E-state index in [2.05, 4.69) is 41.3 Å².